The first-order valence-corrected chi connectivity index (χ1v) is 8.75. The van der Waals surface area contributed by atoms with Crippen molar-refractivity contribution in [2.45, 2.75) is 32.7 Å². The first-order chi connectivity index (χ1) is 10.7. The number of thioether (sulfide) groups is 1. The third-order valence-corrected chi connectivity index (χ3v) is 4.84. The van der Waals surface area contributed by atoms with Crippen molar-refractivity contribution < 1.29 is 4.79 Å². The van der Waals surface area contributed by atoms with Crippen molar-refractivity contribution >= 4 is 34.3 Å². The zero-order valence-corrected chi connectivity index (χ0v) is 13.4. The van der Waals surface area contributed by atoms with E-state index in [4.69, 9.17) is 0 Å². The molecule has 116 valence electrons. The van der Waals surface area contributed by atoms with Gasteiger partial charge in [-0.25, -0.2) is 4.98 Å². The van der Waals surface area contributed by atoms with Crippen LogP contribution in [0.15, 0.2) is 23.0 Å². The van der Waals surface area contributed by atoms with Crippen molar-refractivity contribution in [1.29, 1.82) is 0 Å². The lowest BCUT2D eigenvalue weighted by molar-refractivity contribution is -0.113. The van der Waals surface area contributed by atoms with Gasteiger partial charge in [0, 0.05) is 18.7 Å². The van der Waals surface area contributed by atoms with Crippen molar-refractivity contribution in [3.63, 3.8) is 0 Å². The average molecular weight is 317 g/mol. The molecule has 0 spiro atoms. The number of anilines is 1. The second-order valence-electron chi connectivity index (χ2n) is 5.42. The minimum atomic E-state index is -0.0352. The molecule has 0 atom stereocenters. The maximum Gasteiger partial charge on any atom is 0.261 e. The number of benzene rings is 1. The molecule has 1 aromatic carbocycles. The van der Waals surface area contributed by atoms with Gasteiger partial charge in [0.15, 0.2) is 0 Å². The third kappa shape index (κ3) is 3.02. The van der Waals surface area contributed by atoms with Gasteiger partial charge in [0.1, 0.15) is 5.82 Å². The topological polar surface area (TPSA) is 64.0 Å². The summed E-state index contributed by atoms with van der Waals surface area (Å²) in [7, 11) is 0. The summed E-state index contributed by atoms with van der Waals surface area (Å²) in [5.41, 5.74) is 1.36. The van der Waals surface area contributed by atoms with Crippen LogP contribution in [0.5, 0.6) is 0 Å². The second kappa shape index (κ2) is 6.52. The van der Waals surface area contributed by atoms with Gasteiger partial charge in [-0.15, -0.1) is 0 Å². The van der Waals surface area contributed by atoms with Gasteiger partial charge in [0.05, 0.1) is 16.7 Å². The maximum atomic E-state index is 12.5. The molecule has 0 saturated heterocycles. The van der Waals surface area contributed by atoms with Crippen molar-refractivity contribution in [2.24, 2.45) is 0 Å². The molecule has 1 amide bonds. The molecule has 0 fully saturated rings. The number of fused-ring (bicyclic) bond motifs is 2. The highest BCUT2D eigenvalue weighted by molar-refractivity contribution is 7.99. The van der Waals surface area contributed by atoms with E-state index in [1.807, 2.05) is 12.1 Å². The van der Waals surface area contributed by atoms with Gasteiger partial charge < -0.3 is 5.32 Å². The largest absolute Gasteiger partial charge is 0.325 e. The highest BCUT2D eigenvalue weighted by Crippen LogP contribution is 2.18. The number of carbonyl (C=O) groups excluding carboxylic acids is 1. The molecule has 2 heterocycles. The van der Waals surface area contributed by atoms with Gasteiger partial charge >= 0.3 is 0 Å². The Kier molecular flexibility index (Phi) is 4.47. The fourth-order valence-electron chi connectivity index (χ4n) is 2.67. The molecule has 1 N–H and O–H groups in total. The Hall–Kier alpha value is -1.82. The molecule has 3 rings (SSSR count). The Labute approximate surface area is 133 Å². The SMILES string of the molecule is CCCSCC(=O)Nc1ccc2nc3n(c(=O)c2c1)CCC3. The van der Waals surface area contributed by atoms with E-state index in [9.17, 15) is 9.59 Å². The number of hydrogen-bond donors (Lipinski definition) is 1. The van der Waals surface area contributed by atoms with E-state index in [1.54, 1.807) is 22.4 Å². The fraction of sp³-hybridized carbons (Fsp3) is 0.438. The molecule has 0 unspecified atom stereocenters. The summed E-state index contributed by atoms with van der Waals surface area (Å²) in [4.78, 5) is 28.9. The molecule has 1 aliphatic rings. The molecule has 0 aliphatic carbocycles. The molecule has 0 bridgehead atoms. The Morgan fingerprint density at radius 2 is 2.32 bits per heavy atom. The van der Waals surface area contributed by atoms with Gasteiger partial charge in [-0.1, -0.05) is 6.92 Å². The molecule has 2 aromatic rings. The lowest BCUT2D eigenvalue weighted by Crippen LogP contribution is -2.21. The van der Waals surface area contributed by atoms with E-state index in [-0.39, 0.29) is 11.5 Å². The third-order valence-electron chi connectivity index (χ3n) is 3.68. The second-order valence-corrected chi connectivity index (χ2v) is 6.53. The molecule has 0 saturated carbocycles. The minimum absolute atomic E-state index is 0.00560. The molecular weight excluding hydrogens is 298 g/mol. The Morgan fingerprint density at radius 1 is 1.45 bits per heavy atom. The molecular formula is C16H19N3O2S. The number of nitrogens with zero attached hydrogens (tertiary/aromatic N) is 2. The van der Waals surface area contributed by atoms with E-state index < -0.39 is 0 Å². The summed E-state index contributed by atoms with van der Waals surface area (Å²) in [5, 5.41) is 3.43. The van der Waals surface area contributed by atoms with E-state index in [0.29, 0.717) is 22.3 Å². The quantitative estimate of drug-likeness (QED) is 0.860. The number of hydrogen-bond acceptors (Lipinski definition) is 4. The molecule has 1 aromatic heterocycles. The molecule has 5 nitrogen and oxygen atoms in total. The predicted molar refractivity (Wildman–Crippen MR) is 90.6 cm³/mol. The number of rotatable bonds is 5. The van der Waals surface area contributed by atoms with Gasteiger partial charge in [0.2, 0.25) is 5.91 Å². The van der Waals surface area contributed by atoms with Crippen LogP contribution >= 0.6 is 11.8 Å². The normalized spacial score (nSPS) is 13.3. The number of amides is 1. The van der Waals surface area contributed by atoms with Gasteiger partial charge in [-0.05, 0) is 36.8 Å². The zero-order valence-electron chi connectivity index (χ0n) is 12.6. The summed E-state index contributed by atoms with van der Waals surface area (Å²) in [6.07, 6.45) is 2.89. The lowest BCUT2D eigenvalue weighted by atomic mass is 10.2. The van der Waals surface area contributed by atoms with Crippen molar-refractivity contribution in [3.8, 4) is 0 Å². The lowest BCUT2D eigenvalue weighted by Gasteiger charge is -2.08. The van der Waals surface area contributed by atoms with Crippen LogP contribution in [0.1, 0.15) is 25.6 Å². The standard InChI is InChI=1S/C16H19N3O2S/c1-2-8-22-10-15(20)17-11-5-6-13-12(9-11)16(21)19-7-3-4-14(19)18-13/h5-6,9H,2-4,7-8,10H2,1H3,(H,17,20). The summed E-state index contributed by atoms with van der Waals surface area (Å²) < 4.78 is 1.74. The molecule has 0 radical (unpaired) electrons. The first-order valence-electron chi connectivity index (χ1n) is 7.60. The Morgan fingerprint density at radius 3 is 3.14 bits per heavy atom. The average Bonchev–Trinajstić information content (AvgIpc) is 2.97. The van der Waals surface area contributed by atoms with Crippen LogP contribution in [0, 0.1) is 0 Å². The van der Waals surface area contributed by atoms with Crippen LogP contribution in [0.4, 0.5) is 5.69 Å². The van der Waals surface area contributed by atoms with Gasteiger partial charge in [-0.3, -0.25) is 14.2 Å². The van der Waals surface area contributed by atoms with Crippen LogP contribution < -0.4 is 10.9 Å². The predicted octanol–water partition coefficient (Wildman–Crippen LogP) is 2.42. The number of nitrogens with one attached hydrogen (secondary N) is 1. The number of aromatic nitrogens is 2. The fourth-order valence-corrected chi connectivity index (χ4v) is 3.36. The molecule has 22 heavy (non-hydrogen) atoms. The summed E-state index contributed by atoms with van der Waals surface area (Å²) in [6, 6.07) is 5.35. The van der Waals surface area contributed by atoms with Crippen molar-refractivity contribution in [1.82, 2.24) is 9.55 Å². The molecule has 6 heteroatoms. The Balaban J connectivity index is 1.84. The minimum Gasteiger partial charge on any atom is -0.325 e. The molecule has 1 aliphatic heterocycles. The van der Waals surface area contributed by atoms with E-state index in [0.717, 1.165) is 37.4 Å². The van der Waals surface area contributed by atoms with Crippen molar-refractivity contribution in [2.75, 3.05) is 16.8 Å². The summed E-state index contributed by atoms with van der Waals surface area (Å²) in [5.74, 6) is 2.24. The van der Waals surface area contributed by atoms with Crippen LogP contribution in [-0.2, 0) is 17.8 Å². The van der Waals surface area contributed by atoms with Crippen LogP contribution in [0.3, 0.4) is 0 Å². The highest BCUT2D eigenvalue weighted by atomic mass is 32.2. The van der Waals surface area contributed by atoms with Crippen LogP contribution in [0.2, 0.25) is 0 Å². The van der Waals surface area contributed by atoms with Crippen molar-refractivity contribution in [3.05, 3.63) is 34.4 Å². The van der Waals surface area contributed by atoms with E-state index >= 15 is 0 Å². The first kappa shape index (κ1) is 15.1. The van der Waals surface area contributed by atoms with Crippen LogP contribution in [-0.4, -0.2) is 27.0 Å². The monoisotopic (exact) mass is 317 g/mol. The van der Waals surface area contributed by atoms with Gasteiger partial charge in [-0.2, -0.15) is 11.8 Å². The summed E-state index contributed by atoms with van der Waals surface area (Å²) in [6.45, 7) is 2.83. The summed E-state index contributed by atoms with van der Waals surface area (Å²) >= 11 is 1.61. The smallest absolute Gasteiger partial charge is 0.261 e. The van der Waals surface area contributed by atoms with Crippen LogP contribution in [0.25, 0.3) is 10.9 Å². The Bertz CT molecular complexity index is 770. The highest BCUT2D eigenvalue weighted by Gasteiger charge is 2.16. The number of carbonyl (C=O) groups is 1. The van der Waals surface area contributed by atoms with Gasteiger partial charge in [0.25, 0.3) is 5.56 Å². The number of aryl methyl sites for hydroxylation is 1. The van der Waals surface area contributed by atoms with E-state index in [1.165, 1.54) is 0 Å². The zero-order chi connectivity index (χ0) is 15.5. The van der Waals surface area contributed by atoms with E-state index in [2.05, 4.69) is 17.2 Å². The maximum absolute atomic E-state index is 12.5.